The summed E-state index contributed by atoms with van der Waals surface area (Å²) in [6.45, 7) is 4.28. The van der Waals surface area contributed by atoms with Gasteiger partial charge in [0.25, 0.3) is 0 Å². The van der Waals surface area contributed by atoms with Gasteiger partial charge < -0.3 is 5.32 Å². The number of halogens is 3. The molecule has 1 aliphatic rings. The van der Waals surface area contributed by atoms with Gasteiger partial charge in [-0.25, -0.2) is 8.42 Å². The Balaban J connectivity index is 2.15. The number of sulfonamides is 1. The fraction of sp³-hybridized carbons (Fsp3) is 0.562. The van der Waals surface area contributed by atoms with Crippen molar-refractivity contribution >= 4 is 27.7 Å². The quantitative estimate of drug-likeness (QED) is 0.783. The van der Waals surface area contributed by atoms with Crippen LogP contribution in [0.3, 0.4) is 0 Å². The number of hydrogen-bond donors (Lipinski definition) is 1. The molecule has 0 bridgehead atoms. The summed E-state index contributed by atoms with van der Waals surface area (Å²) in [6, 6.07) is 3.40. The minimum absolute atomic E-state index is 0.0399. The Labute approximate surface area is 155 Å². The second-order valence-electron chi connectivity index (χ2n) is 6.50. The lowest BCUT2D eigenvalue weighted by atomic mass is 10.1. The second-order valence-corrected chi connectivity index (χ2v) is 9.42. The summed E-state index contributed by atoms with van der Waals surface area (Å²) in [5.41, 5.74) is -0.856. The van der Waals surface area contributed by atoms with E-state index in [1.165, 1.54) is 23.9 Å². The molecule has 1 aromatic carbocycles. The van der Waals surface area contributed by atoms with E-state index in [4.69, 9.17) is 0 Å². The summed E-state index contributed by atoms with van der Waals surface area (Å²) >= 11 is 1.30. The van der Waals surface area contributed by atoms with Crippen LogP contribution in [-0.2, 0) is 26.7 Å². The fourth-order valence-corrected chi connectivity index (χ4v) is 5.77. The molecule has 0 aromatic heterocycles. The minimum Gasteiger partial charge on any atom is -0.354 e. The Hall–Kier alpha value is -1.26. The topological polar surface area (TPSA) is 66.5 Å². The number of alkyl halides is 3. The van der Waals surface area contributed by atoms with Crippen LogP contribution in [0.4, 0.5) is 13.2 Å². The van der Waals surface area contributed by atoms with Crippen molar-refractivity contribution in [1.82, 2.24) is 9.62 Å². The van der Waals surface area contributed by atoms with Crippen molar-refractivity contribution in [3.8, 4) is 0 Å². The predicted molar refractivity (Wildman–Crippen MR) is 94.9 cm³/mol. The maximum atomic E-state index is 12.8. The molecule has 1 aromatic rings. The fourth-order valence-electron chi connectivity index (χ4n) is 2.46. The first-order valence-corrected chi connectivity index (χ1v) is 10.8. The van der Waals surface area contributed by atoms with Crippen LogP contribution in [0.1, 0.15) is 25.0 Å². The van der Waals surface area contributed by atoms with Gasteiger partial charge in [0.1, 0.15) is 6.04 Å². The van der Waals surface area contributed by atoms with Crippen LogP contribution in [0.2, 0.25) is 0 Å². The molecule has 1 amide bonds. The Morgan fingerprint density at radius 2 is 2.08 bits per heavy atom. The van der Waals surface area contributed by atoms with Crippen molar-refractivity contribution in [1.29, 1.82) is 0 Å². The third-order valence-corrected chi connectivity index (χ3v) is 6.76. The van der Waals surface area contributed by atoms with Crippen LogP contribution < -0.4 is 5.32 Å². The molecule has 1 aliphatic heterocycles. The Bertz CT molecular complexity index is 751. The van der Waals surface area contributed by atoms with Crippen molar-refractivity contribution in [2.24, 2.45) is 5.92 Å². The number of hydrogen-bond acceptors (Lipinski definition) is 4. The normalized spacial score (nSPS) is 19.1. The number of thioether (sulfide) groups is 1. The molecule has 1 heterocycles. The second kappa shape index (κ2) is 8.18. The molecule has 1 atom stereocenters. The van der Waals surface area contributed by atoms with Crippen molar-refractivity contribution in [2.75, 3.05) is 18.2 Å². The van der Waals surface area contributed by atoms with Crippen LogP contribution in [-0.4, -0.2) is 42.8 Å². The number of nitrogens with zero attached hydrogens (tertiary/aromatic N) is 1. The molecule has 26 heavy (non-hydrogen) atoms. The first kappa shape index (κ1) is 21.0. The lowest BCUT2D eigenvalue weighted by molar-refractivity contribution is -0.137. The van der Waals surface area contributed by atoms with Gasteiger partial charge in [0, 0.05) is 12.3 Å². The summed E-state index contributed by atoms with van der Waals surface area (Å²) in [4.78, 5) is 12.3. The average molecular weight is 410 g/mol. The van der Waals surface area contributed by atoms with E-state index in [0.717, 1.165) is 16.4 Å². The van der Waals surface area contributed by atoms with Gasteiger partial charge in [0.2, 0.25) is 15.9 Å². The SMILES string of the molecule is CC(C)CNC(=O)C1CSCN1S(=O)(=O)Cc1cccc(C(F)(F)F)c1. The third kappa shape index (κ3) is 5.37. The Kier molecular flexibility index (Phi) is 6.62. The lowest BCUT2D eigenvalue weighted by Gasteiger charge is -2.23. The molecule has 1 fully saturated rings. The lowest BCUT2D eigenvalue weighted by Crippen LogP contribution is -2.48. The monoisotopic (exact) mass is 410 g/mol. The summed E-state index contributed by atoms with van der Waals surface area (Å²) < 4.78 is 64.8. The van der Waals surface area contributed by atoms with E-state index >= 15 is 0 Å². The van der Waals surface area contributed by atoms with Gasteiger partial charge in [0.05, 0.1) is 17.2 Å². The minimum atomic E-state index is -4.54. The number of carbonyl (C=O) groups is 1. The molecule has 1 unspecified atom stereocenters. The summed E-state index contributed by atoms with van der Waals surface area (Å²) in [5.74, 6) is -0.294. The van der Waals surface area contributed by atoms with Gasteiger partial charge in [-0.05, 0) is 17.5 Å². The summed E-state index contributed by atoms with van der Waals surface area (Å²) in [6.07, 6.45) is -4.54. The van der Waals surface area contributed by atoms with E-state index in [0.29, 0.717) is 12.3 Å². The van der Waals surface area contributed by atoms with Crippen molar-refractivity contribution in [2.45, 2.75) is 31.8 Å². The third-order valence-electron chi connectivity index (χ3n) is 3.79. The Morgan fingerprint density at radius 1 is 1.38 bits per heavy atom. The zero-order valence-electron chi connectivity index (χ0n) is 14.4. The van der Waals surface area contributed by atoms with Crippen LogP contribution in [0.15, 0.2) is 24.3 Å². The van der Waals surface area contributed by atoms with Crippen LogP contribution in [0.5, 0.6) is 0 Å². The highest BCUT2D eigenvalue weighted by atomic mass is 32.2. The van der Waals surface area contributed by atoms with Gasteiger partial charge in [0.15, 0.2) is 0 Å². The highest BCUT2D eigenvalue weighted by Gasteiger charge is 2.39. The number of nitrogens with one attached hydrogen (secondary N) is 1. The van der Waals surface area contributed by atoms with Crippen LogP contribution in [0, 0.1) is 5.92 Å². The average Bonchev–Trinajstić information content (AvgIpc) is 3.02. The number of benzene rings is 1. The van der Waals surface area contributed by atoms with E-state index < -0.39 is 33.6 Å². The largest absolute Gasteiger partial charge is 0.416 e. The van der Waals surface area contributed by atoms with Crippen LogP contribution in [0.25, 0.3) is 0 Å². The predicted octanol–water partition coefficient (Wildman–Crippen LogP) is 2.68. The van der Waals surface area contributed by atoms with Crippen molar-refractivity contribution < 1.29 is 26.4 Å². The van der Waals surface area contributed by atoms with Crippen LogP contribution >= 0.6 is 11.8 Å². The molecule has 0 radical (unpaired) electrons. The zero-order chi connectivity index (χ0) is 19.5. The van der Waals surface area contributed by atoms with E-state index in [1.807, 2.05) is 13.8 Å². The van der Waals surface area contributed by atoms with E-state index in [2.05, 4.69) is 5.32 Å². The molecular formula is C16H21F3N2O3S2. The van der Waals surface area contributed by atoms with E-state index in [9.17, 15) is 26.4 Å². The molecule has 10 heteroatoms. The van der Waals surface area contributed by atoms with Gasteiger partial charge in [-0.1, -0.05) is 32.0 Å². The number of rotatable bonds is 6. The van der Waals surface area contributed by atoms with Gasteiger partial charge in [-0.2, -0.15) is 17.5 Å². The summed E-state index contributed by atoms with van der Waals surface area (Å²) in [7, 11) is -3.92. The number of amides is 1. The molecule has 0 spiro atoms. The molecule has 1 saturated heterocycles. The zero-order valence-corrected chi connectivity index (χ0v) is 16.0. The Morgan fingerprint density at radius 3 is 2.69 bits per heavy atom. The van der Waals surface area contributed by atoms with E-state index in [1.54, 1.807) is 0 Å². The number of carbonyl (C=O) groups excluding carboxylic acids is 1. The van der Waals surface area contributed by atoms with Crippen molar-refractivity contribution in [3.05, 3.63) is 35.4 Å². The van der Waals surface area contributed by atoms with Gasteiger partial charge in [-0.15, -0.1) is 11.8 Å². The molecule has 5 nitrogen and oxygen atoms in total. The highest BCUT2D eigenvalue weighted by Crippen LogP contribution is 2.31. The van der Waals surface area contributed by atoms with Gasteiger partial charge in [-0.3, -0.25) is 4.79 Å². The summed E-state index contributed by atoms with van der Waals surface area (Å²) in [5, 5.41) is 2.71. The smallest absolute Gasteiger partial charge is 0.354 e. The standard InChI is InChI=1S/C16H21F3N2O3S2/c1-11(2)7-20-15(22)14-8-25-10-21(14)26(23,24)9-12-4-3-5-13(6-12)16(17,18)19/h3-6,11,14H,7-10H2,1-2H3,(H,20,22). The molecule has 0 saturated carbocycles. The van der Waals surface area contributed by atoms with E-state index in [-0.39, 0.29) is 23.3 Å². The maximum absolute atomic E-state index is 12.8. The molecule has 0 aliphatic carbocycles. The molecular weight excluding hydrogens is 389 g/mol. The van der Waals surface area contributed by atoms with Crippen molar-refractivity contribution in [3.63, 3.8) is 0 Å². The first-order valence-electron chi connectivity index (χ1n) is 8.02. The van der Waals surface area contributed by atoms with Gasteiger partial charge >= 0.3 is 6.18 Å². The molecule has 2 rings (SSSR count). The first-order chi connectivity index (χ1) is 12.0. The highest BCUT2D eigenvalue weighted by molar-refractivity contribution is 8.00. The maximum Gasteiger partial charge on any atom is 0.416 e. The molecule has 1 N–H and O–H groups in total. The molecule has 146 valence electrons.